The van der Waals surface area contributed by atoms with Crippen LogP contribution in [0.25, 0.3) is 12.2 Å². The average molecular weight is 158 g/mol. The van der Waals surface area contributed by atoms with Crippen LogP contribution in [-0.4, -0.2) is 0 Å². The van der Waals surface area contributed by atoms with Gasteiger partial charge in [0.2, 0.25) is 0 Å². The van der Waals surface area contributed by atoms with Gasteiger partial charge < -0.3 is 0 Å². The molecule has 1 rings (SSSR count). The van der Waals surface area contributed by atoms with Gasteiger partial charge in [-0.2, -0.15) is 0 Å². The molecule has 0 atom stereocenters. The zero-order valence-electron chi connectivity index (χ0n) is 7.67. The van der Waals surface area contributed by atoms with E-state index in [-0.39, 0.29) is 0 Å². The average Bonchev–Trinajstić information content (AvgIpc) is 2.09. The molecule has 0 nitrogen and oxygen atoms in total. The summed E-state index contributed by atoms with van der Waals surface area (Å²) in [5.74, 6) is 0. The molecular weight excluding hydrogens is 144 g/mol. The first kappa shape index (κ1) is 8.79. The lowest BCUT2D eigenvalue weighted by Crippen LogP contribution is -1.84. The second-order valence-corrected chi connectivity index (χ2v) is 2.77. The van der Waals surface area contributed by atoms with E-state index < -0.39 is 0 Å². The van der Waals surface area contributed by atoms with Gasteiger partial charge in [-0.05, 0) is 30.5 Å². The molecule has 1 aromatic carbocycles. The molecule has 0 heteroatoms. The summed E-state index contributed by atoms with van der Waals surface area (Å²) in [5.41, 5.74) is 3.78. The van der Waals surface area contributed by atoms with E-state index in [1.165, 1.54) is 16.7 Å². The molecule has 0 saturated heterocycles. The van der Waals surface area contributed by atoms with Gasteiger partial charge in [-0.15, -0.1) is 0 Å². The van der Waals surface area contributed by atoms with Crippen molar-refractivity contribution in [2.24, 2.45) is 0 Å². The highest BCUT2D eigenvalue weighted by Crippen LogP contribution is 2.15. The molecule has 0 N–H and O–H groups in total. The van der Waals surface area contributed by atoms with Gasteiger partial charge in [0, 0.05) is 0 Å². The third kappa shape index (κ3) is 1.65. The quantitative estimate of drug-likeness (QED) is 0.616. The molecule has 0 saturated carbocycles. The van der Waals surface area contributed by atoms with Gasteiger partial charge in [-0.1, -0.05) is 43.0 Å². The van der Waals surface area contributed by atoms with Crippen LogP contribution in [0.4, 0.5) is 0 Å². The molecular formula is C12H14. The van der Waals surface area contributed by atoms with E-state index in [2.05, 4.69) is 43.9 Å². The Bertz CT molecular complexity index is 306. The predicted octanol–water partition coefficient (Wildman–Crippen LogP) is 3.67. The molecule has 0 bridgehead atoms. The fourth-order valence-corrected chi connectivity index (χ4v) is 1.25. The normalized spacial score (nSPS) is 10.5. The number of rotatable bonds is 2. The van der Waals surface area contributed by atoms with Gasteiger partial charge in [-0.25, -0.2) is 0 Å². The Labute approximate surface area is 74.2 Å². The van der Waals surface area contributed by atoms with Crippen LogP contribution in [0.5, 0.6) is 0 Å². The summed E-state index contributed by atoms with van der Waals surface area (Å²) in [6.45, 7) is 7.91. The van der Waals surface area contributed by atoms with E-state index in [1.807, 2.05) is 13.0 Å². The van der Waals surface area contributed by atoms with Crippen molar-refractivity contribution in [3.05, 3.63) is 47.5 Å². The van der Waals surface area contributed by atoms with Gasteiger partial charge in [0.15, 0.2) is 0 Å². The van der Waals surface area contributed by atoms with E-state index in [0.29, 0.717) is 0 Å². The predicted molar refractivity (Wildman–Crippen MR) is 56.0 cm³/mol. The molecule has 0 aliphatic carbocycles. The molecule has 1 aromatic rings. The fourth-order valence-electron chi connectivity index (χ4n) is 1.25. The molecule has 0 aromatic heterocycles. The smallest absolute Gasteiger partial charge is 0.0225 e. The third-order valence-corrected chi connectivity index (χ3v) is 1.98. The first-order chi connectivity index (χ1) is 5.79. The number of hydrogen-bond acceptors (Lipinski definition) is 0. The first-order valence-electron chi connectivity index (χ1n) is 4.14. The van der Waals surface area contributed by atoms with Crippen molar-refractivity contribution in [3.63, 3.8) is 0 Å². The summed E-state index contributed by atoms with van der Waals surface area (Å²) in [5, 5.41) is 0. The second kappa shape index (κ2) is 3.91. The maximum atomic E-state index is 3.77. The maximum absolute atomic E-state index is 3.77. The Balaban J connectivity index is 3.22. The zero-order valence-corrected chi connectivity index (χ0v) is 7.67. The van der Waals surface area contributed by atoms with Crippen LogP contribution < -0.4 is 0 Å². The van der Waals surface area contributed by atoms with Crippen molar-refractivity contribution in [2.75, 3.05) is 0 Å². The van der Waals surface area contributed by atoms with Crippen LogP contribution in [0.1, 0.15) is 23.6 Å². The summed E-state index contributed by atoms with van der Waals surface area (Å²) in [7, 11) is 0. The minimum atomic E-state index is 1.21. The van der Waals surface area contributed by atoms with E-state index in [4.69, 9.17) is 0 Å². The highest BCUT2D eigenvalue weighted by atomic mass is 14.0. The second-order valence-electron chi connectivity index (χ2n) is 2.77. The maximum Gasteiger partial charge on any atom is -0.0225 e. The standard InChI is InChI=1S/C12H14/c1-4-7-12-9-6-8-11(5-2)10(12)3/h4-9H,2H2,1,3H3. The summed E-state index contributed by atoms with van der Waals surface area (Å²) in [6, 6.07) is 6.25. The summed E-state index contributed by atoms with van der Waals surface area (Å²) >= 11 is 0. The Morgan fingerprint density at radius 2 is 1.92 bits per heavy atom. The molecule has 0 aliphatic heterocycles. The van der Waals surface area contributed by atoms with Gasteiger partial charge in [0.1, 0.15) is 0 Å². The monoisotopic (exact) mass is 158 g/mol. The molecule has 0 unspecified atom stereocenters. The van der Waals surface area contributed by atoms with Gasteiger partial charge in [0.05, 0.1) is 0 Å². The van der Waals surface area contributed by atoms with E-state index in [0.717, 1.165) is 0 Å². The van der Waals surface area contributed by atoms with Gasteiger partial charge >= 0.3 is 0 Å². The highest BCUT2D eigenvalue weighted by Gasteiger charge is 1.96. The molecule has 0 aliphatic rings. The third-order valence-electron chi connectivity index (χ3n) is 1.98. The molecule has 0 heterocycles. The van der Waals surface area contributed by atoms with Crippen LogP contribution in [0.3, 0.4) is 0 Å². The molecule has 12 heavy (non-hydrogen) atoms. The lowest BCUT2D eigenvalue weighted by molar-refractivity contribution is 1.42. The molecule has 0 amide bonds. The van der Waals surface area contributed by atoms with Crippen LogP contribution in [-0.2, 0) is 0 Å². The Hall–Kier alpha value is -1.30. The van der Waals surface area contributed by atoms with Gasteiger partial charge in [0.25, 0.3) is 0 Å². The Kier molecular flexibility index (Phi) is 2.87. The Morgan fingerprint density at radius 3 is 2.50 bits per heavy atom. The Morgan fingerprint density at radius 1 is 1.25 bits per heavy atom. The van der Waals surface area contributed by atoms with Gasteiger partial charge in [-0.3, -0.25) is 0 Å². The summed E-state index contributed by atoms with van der Waals surface area (Å²) in [4.78, 5) is 0. The molecule has 0 radical (unpaired) electrons. The minimum Gasteiger partial charge on any atom is -0.0985 e. The van der Waals surface area contributed by atoms with Crippen molar-refractivity contribution in [2.45, 2.75) is 13.8 Å². The van der Waals surface area contributed by atoms with Crippen LogP contribution in [0, 0.1) is 6.92 Å². The summed E-state index contributed by atoms with van der Waals surface area (Å²) < 4.78 is 0. The molecule has 0 spiro atoms. The number of allylic oxidation sites excluding steroid dienone is 1. The van der Waals surface area contributed by atoms with E-state index in [1.54, 1.807) is 0 Å². The largest absolute Gasteiger partial charge is 0.0985 e. The van der Waals surface area contributed by atoms with Crippen molar-refractivity contribution in [1.82, 2.24) is 0 Å². The first-order valence-corrected chi connectivity index (χ1v) is 4.14. The van der Waals surface area contributed by atoms with Crippen molar-refractivity contribution >= 4 is 12.2 Å². The lowest BCUT2D eigenvalue weighted by Gasteiger charge is -2.03. The summed E-state index contributed by atoms with van der Waals surface area (Å²) in [6.07, 6.45) is 6.06. The van der Waals surface area contributed by atoms with Crippen LogP contribution >= 0.6 is 0 Å². The van der Waals surface area contributed by atoms with E-state index in [9.17, 15) is 0 Å². The van der Waals surface area contributed by atoms with E-state index >= 15 is 0 Å². The van der Waals surface area contributed by atoms with Crippen molar-refractivity contribution in [1.29, 1.82) is 0 Å². The fraction of sp³-hybridized carbons (Fsp3) is 0.167. The van der Waals surface area contributed by atoms with Crippen LogP contribution in [0.15, 0.2) is 30.9 Å². The van der Waals surface area contributed by atoms with Crippen molar-refractivity contribution < 1.29 is 0 Å². The number of hydrogen-bond donors (Lipinski definition) is 0. The molecule has 62 valence electrons. The SMILES string of the molecule is C=Cc1cccc(C=CC)c1C. The molecule has 0 fully saturated rings. The number of benzene rings is 1. The lowest BCUT2D eigenvalue weighted by atomic mass is 10.0. The minimum absolute atomic E-state index is 1.21. The zero-order chi connectivity index (χ0) is 8.97. The highest BCUT2D eigenvalue weighted by molar-refractivity contribution is 5.62. The van der Waals surface area contributed by atoms with Crippen LogP contribution in [0.2, 0.25) is 0 Å². The van der Waals surface area contributed by atoms with Crippen molar-refractivity contribution in [3.8, 4) is 0 Å². The topological polar surface area (TPSA) is 0 Å².